The topological polar surface area (TPSA) is 21.3 Å². The van der Waals surface area contributed by atoms with Crippen LogP contribution in [0, 0.1) is 17.8 Å². The Morgan fingerprint density at radius 3 is 2.53 bits per heavy atom. The van der Waals surface area contributed by atoms with Gasteiger partial charge in [-0.15, -0.1) is 0 Å². The SMILES string of the molecule is CC1CCC(C(C)C)C(NCCOC2CCCC2)C1. The van der Waals surface area contributed by atoms with Crippen LogP contribution in [0.2, 0.25) is 0 Å². The molecule has 2 aliphatic rings. The standard InChI is InChI=1S/C17H33NO/c1-13(2)16-9-8-14(3)12-17(16)18-10-11-19-15-6-4-5-7-15/h13-18H,4-12H2,1-3H3. The number of rotatable bonds is 6. The Balaban J connectivity index is 1.66. The van der Waals surface area contributed by atoms with Crippen molar-refractivity contribution in [3.63, 3.8) is 0 Å². The molecule has 2 nitrogen and oxygen atoms in total. The fraction of sp³-hybridized carbons (Fsp3) is 1.00. The molecule has 3 atom stereocenters. The number of ether oxygens (including phenoxy) is 1. The molecule has 0 bridgehead atoms. The maximum atomic E-state index is 5.95. The van der Waals surface area contributed by atoms with Crippen molar-refractivity contribution in [1.82, 2.24) is 5.32 Å². The van der Waals surface area contributed by atoms with Crippen LogP contribution in [0.25, 0.3) is 0 Å². The van der Waals surface area contributed by atoms with Gasteiger partial charge in [-0.25, -0.2) is 0 Å². The van der Waals surface area contributed by atoms with Gasteiger partial charge >= 0.3 is 0 Å². The zero-order chi connectivity index (χ0) is 13.7. The van der Waals surface area contributed by atoms with Gasteiger partial charge < -0.3 is 10.1 Å². The second-order valence-electron chi connectivity index (χ2n) is 7.16. The molecule has 0 radical (unpaired) electrons. The fourth-order valence-corrected chi connectivity index (χ4v) is 3.96. The molecule has 3 unspecified atom stereocenters. The van der Waals surface area contributed by atoms with E-state index < -0.39 is 0 Å². The third-order valence-corrected chi connectivity index (χ3v) is 5.19. The summed E-state index contributed by atoms with van der Waals surface area (Å²) in [4.78, 5) is 0. The average molecular weight is 267 g/mol. The van der Waals surface area contributed by atoms with Crippen molar-refractivity contribution in [1.29, 1.82) is 0 Å². The van der Waals surface area contributed by atoms with E-state index in [-0.39, 0.29) is 0 Å². The molecular formula is C17H33NO. The van der Waals surface area contributed by atoms with Gasteiger partial charge in [0.1, 0.15) is 0 Å². The predicted molar refractivity (Wildman–Crippen MR) is 81.3 cm³/mol. The molecule has 2 heteroatoms. The number of hydrogen-bond donors (Lipinski definition) is 1. The van der Waals surface area contributed by atoms with Crippen LogP contribution in [-0.2, 0) is 4.74 Å². The van der Waals surface area contributed by atoms with Crippen molar-refractivity contribution in [2.45, 2.75) is 77.9 Å². The Morgan fingerprint density at radius 1 is 1.11 bits per heavy atom. The summed E-state index contributed by atoms with van der Waals surface area (Å²) in [6.07, 6.45) is 10.0. The minimum atomic E-state index is 0.563. The summed E-state index contributed by atoms with van der Waals surface area (Å²) in [6.45, 7) is 9.10. The fourth-order valence-electron chi connectivity index (χ4n) is 3.96. The van der Waals surface area contributed by atoms with E-state index in [4.69, 9.17) is 4.74 Å². The molecule has 0 aromatic rings. The van der Waals surface area contributed by atoms with Gasteiger partial charge in [0.2, 0.25) is 0 Å². The molecule has 0 aromatic heterocycles. The number of nitrogens with one attached hydrogen (secondary N) is 1. The summed E-state index contributed by atoms with van der Waals surface area (Å²) >= 11 is 0. The molecule has 2 fully saturated rings. The molecule has 0 heterocycles. The largest absolute Gasteiger partial charge is 0.377 e. The first-order valence-corrected chi connectivity index (χ1v) is 8.51. The van der Waals surface area contributed by atoms with Crippen LogP contribution in [0.15, 0.2) is 0 Å². The first-order valence-electron chi connectivity index (χ1n) is 8.51. The molecule has 1 N–H and O–H groups in total. The first-order chi connectivity index (χ1) is 9.16. The van der Waals surface area contributed by atoms with E-state index in [2.05, 4.69) is 26.1 Å². The highest BCUT2D eigenvalue weighted by atomic mass is 16.5. The van der Waals surface area contributed by atoms with Gasteiger partial charge in [0, 0.05) is 12.6 Å². The van der Waals surface area contributed by atoms with E-state index in [1.807, 2.05) is 0 Å². The zero-order valence-corrected chi connectivity index (χ0v) is 13.2. The lowest BCUT2D eigenvalue weighted by Crippen LogP contribution is -2.44. The van der Waals surface area contributed by atoms with E-state index in [0.717, 1.165) is 36.9 Å². The first kappa shape index (κ1) is 15.3. The molecule has 0 aliphatic heterocycles. The maximum Gasteiger partial charge on any atom is 0.0594 e. The van der Waals surface area contributed by atoms with Crippen LogP contribution < -0.4 is 5.32 Å². The molecule has 0 aromatic carbocycles. The summed E-state index contributed by atoms with van der Waals surface area (Å²) in [5, 5.41) is 3.78. The maximum absolute atomic E-state index is 5.95. The van der Waals surface area contributed by atoms with Crippen molar-refractivity contribution in [2.75, 3.05) is 13.2 Å². The van der Waals surface area contributed by atoms with Crippen LogP contribution in [0.3, 0.4) is 0 Å². The number of hydrogen-bond acceptors (Lipinski definition) is 2. The van der Waals surface area contributed by atoms with Gasteiger partial charge in [0.25, 0.3) is 0 Å². The second kappa shape index (κ2) is 7.64. The Hall–Kier alpha value is -0.0800. The normalized spacial score (nSPS) is 33.2. The van der Waals surface area contributed by atoms with Gasteiger partial charge in [-0.3, -0.25) is 0 Å². The smallest absolute Gasteiger partial charge is 0.0594 e. The summed E-state index contributed by atoms with van der Waals surface area (Å²) in [5.74, 6) is 2.56. The summed E-state index contributed by atoms with van der Waals surface area (Å²) in [7, 11) is 0. The van der Waals surface area contributed by atoms with E-state index in [1.54, 1.807) is 0 Å². The average Bonchev–Trinajstić information content (AvgIpc) is 2.87. The van der Waals surface area contributed by atoms with Gasteiger partial charge in [-0.2, -0.15) is 0 Å². The van der Waals surface area contributed by atoms with Gasteiger partial charge in [-0.1, -0.05) is 40.0 Å². The van der Waals surface area contributed by atoms with Gasteiger partial charge in [0.15, 0.2) is 0 Å². The molecule has 0 spiro atoms. The lowest BCUT2D eigenvalue weighted by atomic mass is 9.74. The molecule has 112 valence electrons. The van der Waals surface area contributed by atoms with Gasteiger partial charge in [0.05, 0.1) is 12.7 Å². The Morgan fingerprint density at radius 2 is 1.84 bits per heavy atom. The van der Waals surface area contributed by atoms with Crippen molar-refractivity contribution in [3.8, 4) is 0 Å². The summed E-state index contributed by atoms with van der Waals surface area (Å²) in [5.41, 5.74) is 0. The zero-order valence-electron chi connectivity index (χ0n) is 13.2. The molecule has 2 aliphatic carbocycles. The highest BCUT2D eigenvalue weighted by Gasteiger charge is 2.30. The molecule has 0 amide bonds. The lowest BCUT2D eigenvalue weighted by molar-refractivity contribution is 0.0547. The second-order valence-corrected chi connectivity index (χ2v) is 7.16. The highest BCUT2D eigenvalue weighted by molar-refractivity contribution is 4.85. The minimum absolute atomic E-state index is 0.563. The Bertz CT molecular complexity index is 248. The lowest BCUT2D eigenvalue weighted by Gasteiger charge is -2.38. The van der Waals surface area contributed by atoms with E-state index in [1.165, 1.54) is 44.9 Å². The Labute approximate surface area is 119 Å². The molecular weight excluding hydrogens is 234 g/mol. The van der Waals surface area contributed by atoms with Crippen molar-refractivity contribution < 1.29 is 4.74 Å². The third-order valence-electron chi connectivity index (χ3n) is 5.19. The van der Waals surface area contributed by atoms with Gasteiger partial charge in [-0.05, 0) is 43.4 Å². The van der Waals surface area contributed by atoms with Crippen LogP contribution in [0.1, 0.15) is 65.7 Å². The van der Waals surface area contributed by atoms with Crippen molar-refractivity contribution in [2.24, 2.45) is 17.8 Å². The monoisotopic (exact) mass is 267 g/mol. The Kier molecular flexibility index (Phi) is 6.15. The summed E-state index contributed by atoms with van der Waals surface area (Å²) in [6, 6.07) is 0.718. The van der Waals surface area contributed by atoms with Crippen LogP contribution >= 0.6 is 0 Å². The van der Waals surface area contributed by atoms with E-state index in [0.29, 0.717) is 6.10 Å². The van der Waals surface area contributed by atoms with Crippen molar-refractivity contribution in [3.05, 3.63) is 0 Å². The van der Waals surface area contributed by atoms with E-state index >= 15 is 0 Å². The third kappa shape index (κ3) is 4.75. The van der Waals surface area contributed by atoms with Crippen LogP contribution in [0.5, 0.6) is 0 Å². The van der Waals surface area contributed by atoms with Crippen molar-refractivity contribution >= 4 is 0 Å². The summed E-state index contributed by atoms with van der Waals surface area (Å²) < 4.78 is 5.95. The van der Waals surface area contributed by atoms with E-state index in [9.17, 15) is 0 Å². The van der Waals surface area contributed by atoms with Crippen LogP contribution in [0.4, 0.5) is 0 Å². The highest BCUT2D eigenvalue weighted by Crippen LogP contribution is 2.33. The molecule has 2 saturated carbocycles. The molecule has 19 heavy (non-hydrogen) atoms. The molecule has 0 saturated heterocycles. The van der Waals surface area contributed by atoms with Crippen LogP contribution in [-0.4, -0.2) is 25.3 Å². The quantitative estimate of drug-likeness (QED) is 0.735. The predicted octanol–water partition coefficient (Wildman–Crippen LogP) is 4.00. The minimum Gasteiger partial charge on any atom is -0.377 e. The molecule has 2 rings (SSSR count).